The van der Waals surface area contributed by atoms with Crippen molar-refractivity contribution in [3.05, 3.63) is 0 Å². The van der Waals surface area contributed by atoms with E-state index in [-0.39, 0.29) is 6.61 Å². The van der Waals surface area contributed by atoms with E-state index < -0.39 is 10.4 Å². The molecule has 0 amide bonds. The second kappa shape index (κ2) is 17.2. The van der Waals surface area contributed by atoms with Crippen LogP contribution >= 0.6 is 0 Å². The molecule has 0 aromatic heterocycles. The van der Waals surface area contributed by atoms with Crippen LogP contribution in [0.2, 0.25) is 0 Å². The molecule has 0 aliphatic carbocycles. The summed E-state index contributed by atoms with van der Waals surface area (Å²) in [4.78, 5) is 4.79. The molecule has 0 saturated heterocycles. The largest absolute Gasteiger partial charge is 0.726 e. The Morgan fingerprint density at radius 2 is 1.59 bits per heavy atom. The van der Waals surface area contributed by atoms with Gasteiger partial charge < -0.3 is 9.66 Å². The van der Waals surface area contributed by atoms with Crippen LogP contribution in [0.3, 0.4) is 0 Å². The fourth-order valence-corrected chi connectivity index (χ4v) is 4.11. The maximum absolute atomic E-state index is 9.45. The van der Waals surface area contributed by atoms with Gasteiger partial charge in [0.15, 0.2) is 5.84 Å². The van der Waals surface area contributed by atoms with Gasteiger partial charge in [0.05, 0.1) is 26.2 Å². The number of nitrogens with zero attached hydrogens (tertiary/aromatic N) is 2. The fraction of sp³-hybridized carbons (Fsp3) is 0.952. The van der Waals surface area contributed by atoms with E-state index in [1.165, 1.54) is 77.0 Å². The summed E-state index contributed by atoms with van der Waals surface area (Å²) < 4.78 is 33.1. The third kappa shape index (κ3) is 14.2. The minimum Gasteiger partial charge on any atom is -0.726 e. The SMILES string of the molecule is CCCCCCCCCCCC1=NCC[N+]1(CC)CCCO.CCOS(=O)(=O)[O-]. The Hall–Kier alpha value is -0.540. The highest BCUT2D eigenvalue weighted by molar-refractivity contribution is 7.80. The zero-order chi connectivity index (χ0) is 22.0. The third-order valence-electron chi connectivity index (χ3n) is 5.49. The van der Waals surface area contributed by atoms with Crippen molar-refractivity contribution >= 4 is 16.2 Å². The van der Waals surface area contributed by atoms with E-state index in [1.807, 2.05) is 0 Å². The maximum atomic E-state index is 9.45. The van der Waals surface area contributed by atoms with Crippen molar-refractivity contribution in [3.8, 4) is 0 Å². The maximum Gasteiger partial charge on any atom is 0.217 e. The lowest BCUT2D eigenvalue weighted by Crippen LogP contribution is -2.51. The predicted molar refractivity (Wildman–Crippen MR) is 118 cm³/mol. The van der Waals surface area contributed by atoms with Gasteiger partial charge in [0, 0.05) is 19.4 Å². The van der Waals surface area contributed by atoms with E-state index in [4.69, 9.17) is 10.1 Å². The number of hydrogen-bond donors (Lipinski definition) is 1. The minimum atomic E-state index is -4.42. The van der Waals surface area contributed by atoms with E-state index in [0.29, 0.717) is 6.61 Å². The quantitative estimate of drug-likeness (QED) is 0.170. The van der Waals surface area contributed by atoms with E-state index in [0.717, 1.165) is 37.1 Å². The van der Waals surface area contributed by atoms with Gasteiger partial charge in [-0.2, -0.15) is 0 Å². The Bertz CT molecular complexity index is 525. The van der Waals surface area contributed by atoms with Crippen LogP contribution in [-0.2, 0) is 14.6 Å². The topological polar surface area (TPSA) is 99.0 Å². The Balaban J connectivity index is 0.000000956. The Labute approximate surface area is 179 Å². The summed E-state index contributed by atoms with van der Waals surface area (Å²) >= 11 is 0. The first-order chi connectivity index (χ1) is 13.8. The van der Waals surface area contributed by atoms with Crippen LogP contribution in [0.5, 0.6) is 0 Å². The van der Waals surface area contributed by atoms with Gasteiger partial charge in [0.2, 0.25) is 10.4 Å². The second-order valence-electron chi connectivity index (χ2n) is 7.68. The molecular formula is C21H44N2O5S. The number of quaternary nitrogens is 1. The molecule has 0 saturated carbocycles. The summed E-state index contributed by atoms with van der Waals surface area (Å²) in [6.07, 6.45) is 14.6. The van der Waals surface area contributed by atoms with Crippen LogP contribution in [0.15, 0.2) is 4.99 Å². The summed E-state index contributed by atoms with van der Waals surface area (Å²) in [7, 11) is -4.42. The molecular weight excluding hydrogens is 392 g/mol. The van der Waals surface area contributed by atoms with Crippen LogP contribution in [-0.4, -0.2) is 67.8 Å². The molecule has 1 aliphatic rings. The standard InChI is InChI=1S/C19H39N2O.C2H6O4S/c1-3-5-6-7-8-9-10-11-12-14-19-20-15-17-21(19,4-2)16-13-18-22;1-2-6-7(3,4)5/h22H,3-18H2,1-2H3;2H2,1H3,(H,3,4,5)/q+1;/p-1. The fourth-order valence-electron chi connectivity index (χ4n) is 3.82. The van der Waals surface area contributed by atoms with Crippen LogP contribution in [0.4, 0.5) is 0 Å². The highest BCUT2D eigenvalue weighted by Crippen LogP contribution is 2.21. The highest BCUT2D eigenvalue weighted by Gasteiger charge is 2.35. The lowest BCUT2D eigenvalue weighted by atomic mass is 10.1. The number of unbranched alkanes of at least 4 members (excludes halogenated alkanes) is 8. The Morgan fingerprint density at radius 1 is 1.00 bits per heavy atom. The minimum absolute atomic E-state index is 0.0914. The summed E-state index contributed by atoms with van der Waals surface area (Å²) in [5, 5.41) is 9.12. The molecule has 174 valence electrons. The molecule has 0 bridgehead atoms. The number of aliphatic imine (C=N–C) groups is 1. The number of hydrogen-bond acceptors (Lipinski definition) is 6. The lowest BCUT2D eigenvalue weighted by Gasteiger charge is -2.33. The van der Waals surface area contributed by atoms with Crippen molar-refractivity contribution in [1.82, 2.24) is 0 Å². The van der Waals surface area contributed by atoms with Crippen molar-refractivity contribution in [2.24, 2.45) is 4.99 Å². The second-order valence-corrected chi connectivity index (χ2v) is 8.73. The molecule has 29 heavy (non-hydrogen) atoms. The summed E-state index contributed by atoms with van der Waals surface area (Å²) in [6, 6.07) is 0. The Morgan fingerprint density at radius 3 is 2.03 bits per heavy atom. The summed E-state index contributed by atoms with van der Waals surface area (Å²) in [6.45, 7) is 10.6. The Kier molecular flexibility index (Phi) is 16.9. The number of amidine groups is 1. The third-order valence-corrected chi connectivity index (χ3v) is 6.01. The number of aliphatic hydroxyl groups excluding tert-OH is 1. The molecule has 1 rings (SSSR count). The van der Waals surface area contributed by atoms with Crippen LogP contribution in [0.1, 0.15) is 91.4 Å². The van der Waals surface area contributed by atoms with E-state index in [9.17, 15) is 13.0 Å². The van der Waals surface area contributed by atoms with Crippen LogP contribution < -0.4 is 0 Å². The molecule has 0 radical (unpaired) electrons. The van der Waals surface area contributed by atoms with E-state index in [1.54, 1.807) is 0 Å². The molecule has 0 fully saturated rings. The van der Waals surface area contributed by atoms with Gasteiger partial charge in [-0.3, -0.25) is 8.67 Å². The molecule has 1 atom stereocenters. The molecule has 7 nitrogen and oxygen atoms in total. The molecule has 1 unspecified atom stereocenters. The molecule has 0 aromatic carbocycles. The van der Waals surface area contributed by atoms with Crippen LogP contribution in [0, 0.1) is 0 Å². The number of likely N-dealkylation sites (N-methyl/N-ethyl adjacent to an activating group) is 1. The number of rotatable bonds is 16. The molecule has 0 aromatic rings. The molecule has 1 heterocycles. The van der Waals surface area contributed by atoms with E-state index >= 15 is 0 Å². The van der Waals surface area contributed by atoms with Gasteiger partial charge in [0.1, 0.15) is 6.54 Å². The smallest absolute Gasteiger partial charge is 0.217 e. The lowest BCUT2D eigenvalue weighted by molar-refractivity contribution is -0.834. The molecule has 0 spiro atoms. The monoisotopic (exact) mass is 436 g/mol. The van der Waals surface area contributed by atoms with E-state index in [2.05, 4.69) is 18.0 Å². The first kappa shape index (κ1) is 28.5. The van der Waals surface area contributed by atoms with Crippen molar-refractivity contribution in [3.63, 3.8) is 0 Å². The van der Waals surface area contributed by atoms with Crippen molar-refractivity contribution in [2.75, 3.05) is 39.4 Å². The first-order valence-electron chi connectivity index (χ1n) is 11.5. The van der Waals surface area contributed by atoms with Gasteiger partial charge in [-0.15, -0.1) is 0 Å². The normalized spacial score (nSPS) is 19.0. The summed E-state index contributed by atoms with van der Waals surface area (Å²) in [5.74, 6) is 1.42. The number of aliphatic hydroxyl groups is 1. The van der Waals surface area contributed by atoms with Gasteiger partial charge >= 0.3 is 0 Å². The van der Waals surface area contributed by atoms with Crippen LogP contribution in [0.25, 0.3) is 0 Å². The average Bonchev–Trinajstić information content (AvgIpc) is 3.08. The van der Waals surface area contributed by atoms with Gasteiger partial charge in [-0.1, -0.05) is 58.3 Å². The first-order valence-corrected chi connectivity index (χ1v) is 12.8. The average molecular weight is 437 g/mol. The molecule has 1 aliphatic heterocycles. The zero-order valence-corrected chi connectivity index (χ0v) is 19.7. The van der Waals surface area contributed by atoms with Crippen molar-refractivity contribution in [1.29, 1.82) is 0 Å². The van der Waals surface area contributed by atoms with Crippen molar-refractivity contribution in [2.45, 2.75) is 91.4 Å². The van der Waals surface area contributed by atoms with Crippen molar-refractivity contribution < 1.29 is 26.7 Å². The molecule has 1 N–H and O–H groups in total. The molecule has 8 heteroatoms. The van der Waals surface area contributed by atoms with Gasteiger partial charge in [-0.05, 0) is 20.3 Å². The highest BCUT2D eigenvalue weighted by atomic mass is 32.3. The zero-order valence-electron chi connectivity index (χ0n) is 18.9. The van der Waals surface area contributed by atoms with Gasteiger partial charge in [0.25, 0.3) is 0 Å². The van der Waals surface area contributed by atoms with Gasteiger partial charge in [-0.25, -0.2) is 13.4 Å². The predicted octanol–water partition coefficient (Wildman–Crippen LogP) is 4.02. The summed E-state index contributed by atoms with van der Waals surface area (Å²) in [5.41, 5.74) is 0.